The largest absolute Gasteiger partial charge is 0.364 e. The molecule has 5 nitrogen and oxygen atoms in total. The molecule has 3 rings (SSSR count). The second-order valence-electron chi connectivity index (χ2n) is 5.13. The molecule has 0 aliphatic carbocycles. The lowest BCUT2D eigenvalue weighted by atomic mass is 10.2. The molecule has 0 atom stereocenters. The fourth-order valence-electron chi connectivity index (χ4n) is 2.45. The zero-order valence-electron chi connectivity index (χ0n) is 12.2. The van der Waals surface area contributed by atoms with Gasteiger partial charge in [-0.1, -0.05) is 35.9 Å². The van der Waals surface area contributed by atoms with Crippen molar-refractivity contribution in [2.45, 2.75) is 11.8 Å². The molecule has 0 radical (unpaired) electrons. The van der Waals surface area contributed by atoms with E-state index in [-0.39, 0.29) is 10.6 Å². The molecule has 0 aliphatic rings. The van der Waals surface area contributed by atoms with E-state index < -0.39 is 15.9 Å². The van der Waals surface area contributed by atoms with Gasteiger partial charge in [0.25, 0.3) is 15.9 Å². The van der Waals surface area contributed by atoms with E-state index in [1.807, 2.05) is 29.5 Å². The zero-order chi connectivity index (χ0) is 16.8. The van der Waals surface area contributed by atoms with Gasteiger partial charge in [0.05, 0.1) is 14.0 Å². The molecule has 2 N–H and O–H groups in total. The van der Waals surface area contributed by atoms with Crippen LogP contribution >= 0.6 is 22.6 Å². The van der Waals surface area contributed by atoms with Crippen LogP contribution < -0.4 is 5.73 Å². The average molecular weight is 440 g/mol. The first-order valence-corrected chi connectivity index (χ1v) is 9.27. The lowest BCUT2D eigenvalue weighted by Gasteiger charge is -2.10. The first-order chi connectivity index (χ1) is 10.8. The molecule has 1 aromatic heterocycles. The SMILES string of the molecule is Cc1ccc(S(=O)(=O)n2c(C(N)=O)c(I)c3ccccc32)cc1. The quantitative estimate of drug-likeness (QED) is 0.636. The molecular formula is C16H13IN2O3S. The number of carbonyl (C=O) groups is 1. The van der Waals surface area contributed by atoms with Gasteiger partial charge >= 0.3 is 0 Å². The molecule has 0 unspecified atom stereocenters. The summed E-state index contributed by atoms with van der Waals surface area (Å²) in [7, 11) is -3.93. The Kier molecular flexibility index (Phi) is 3.93. The van der Waals surface area contributed by atoms with Crippen molar-refractivity contribution < 1.29 is 13.2 Å². The smallest absolute Gasteiger partial charge is 0.268 e. The maximum Gasteiger partial charge on any atom is 0.268 e. The molecular weight excluding hydrogens is 427 g/mol. The Morgan fingerprint density at radius 2 is 1.70 bits per heavy atom. The number of aryl methyl sites for hydroxylation is 1. The van der Waals surface area contributed by atoms with Crippen LogP contribution in [0.1, 0.15) is 16.1 Å². The Balaban J connectivity index is 2.41. The lowest BCUT2D eigenvalue weighted by molar-refractivity contribution is 0.0994. The van der Waals surface area contributed by atoms with Crippen molar-refractivity contribution in [3.63, 3.8) is 0 Å². The van der Waals surface area contributed by atoms with Crippen LogP contribution in [0, 0.1) is 10.5 Å². The fourth-order valence-corrected chi connectivity index (χ4v) is 5.10. The number of para-hydroxylation sites is 1. The Bertz CT molecular complexity index is 1020. The highest BCUT2D eigenvalue weighted by Gasteiger charge is 2.28. The number of carbonyl (C=O) groups excluding carboxylic acids is 1. The van der Waals surface area contributed by atoms with E-state index in [0.717, 1.165) is 9.54 Å². The van der Waals surface area contributed by atoms with Crippen LogP contribution in [0.3, 0.4) is 0 Å². The highest BCUT2D eigenvalue weighted by molar-refractivity contribution is 14.1. The Morgan fingerprint density at radius 1 is 1.09 bits per heavy atom. The highest BCUT2D eigenvalue weighted by Crippen LogP contribution is 2.31. The minimum absolute atomic E-state index is 0.0209. The second kappa shape index (κ2) is 5.64. The van der Waals surface area contributed by atoms with Crippen molar-refractivity contribution >= 4 is 49.4 Å². The van der Waals surface area contributed by atoms with E-state index in [9.17, 15) is 13.2 Å². The summed E-state index contributed by atoms with van der Waals surface area (Å²) in [6.07, 6.45) is 0. The third-order valence-corrected chi connectivity index (χ3v) is 6.38. The monoisotopic (exact) mass is 440 g/mol. The predicted molar refractivity (Wildman–Crippen MR) is 96.9 cm³/mol. The van der Waals surface area contributed by atoms with Gasteiger partial charge in [-0.15, -0.1) is 0 Å². The summed E-state index contributed by atoms with van der Waals surface area (Å²) in [6, 6.07) is 13.4. The number of fused-ring (bicyclic) bond motifs is 1. The normalized spacial score (nSPS) is 11.7. The minimum Gasteiger partial charge on any atom is -0.364 e. The Labute approximate surface area is 147 Å². The number of aromatic nitrogens is 1. The van der Waals surface area contributed by atoms with Gasteiger partial charge in [0, 0.05) is 5.39 Å². The number of hydrogen-bond acceptors (Lipinski definition) is 3. The van der Waals surface area contributed by atoms with Gasteiger partial charge in [0.1, 0.15) is 5.69 Å². The molecule has 0 aliphatic heterocycles. The number of benzene rings is 2. The van der Waals surface area contributed by atoms with Crippen LogP contribution in [0.2, 0.25) is 0 Å². The number of rotatable bonds is 3. The van der Waals surface area contributed by atoms with Crippen LogP contribution in [0.5, 0.6) is 0 Å². The maximum absolute atomic E-state index is 13.0. The van der Waals surface area contributed by atoms with E-state index in [0.29, 0.717) is 14.5 Å². The highest BCUT2D eigenvalue weighted by atomic mass is 127. The van der Waals surface area contributed by atoms with E-state index >= 15 is 0 Å². The Morgan fingerprint density at radius 3 is 2.30 bits per heavy atom. The summed E-state index contributed by atoms with van der Waals surface area (Å²) in [5, 5.41) is 0.678. The average Bonchev–Trinajstić information content (AvgIpc) is 2.82. The molecule has 1 heterocycles. The van der Waals surface area contributed by atoms with E-state index in [2.05, 4.69) is 0 Å². The molecule has 118 valence electrons. The minimum atomic E-state index is -3.93. The van der Waals surface area contributed by atoms with Gasteiger partial charge in [-0.3, -0.25) is 4.79 Å². The number of nitrogens with two attached hydrogens (primary N) is 1. The number of primary amides is 1. The van der Waals surface area contributed by atoms with E-state index in [1.165, 1.54) is 12.1 Å². The van der Waals surface area contributed by atoms with Crippen LogP contribution in [0.25, 0.3) is 10.9 Å². The molecule has 3 aromatic rings. The van der Waals surface area contributed by atoms with Crippen molar-refractivity contribution in [3.05, 3.63) is 63.4 Å². The van der Waals surface area contributed by atoms with Gasteiger partial charge in [-0.05, 0) is 47.7 Å². The molecule has 0 bridgehead atoms. The van der Waals surface area contributed by atoms with Gasteiger partial charge in [0.15, 0.2) is 0 Å². The molecule has 7 heteroatoms. The van der Waals surface area contributed by atoms with Crippen molar-refractivity contribution in [2.75, 3.05) is 0 Å². The van der Waals surface area contributed by atoms with E-state index in [4.69, 9.17) is 5.73 Å². The van der Waals surface area contributed by atoms with Crippen LogP contribution in [0.4, 0.5) is 0 Å². The fraction of sp³-hybridized carbons (Fsp3) is 0.0625. The van der Waals surface area contributed by atoms with Crippen molar-refractivity contribution in [2.24, 2.45) is 5.73 Å². The summed E-state index contributed by atoms with van der Waals surface area (Å²) >= 11 is 1.95. The topological polar surface area (TPSA) is 82.2 Å². The first-order valence-electron chi connectivity index (χ1n) is 6.75. The molecule has 23 heavy (non-hydrogen) atoms. The summed E-state index contributed by atoms with van der Waals surface area (Å²) in [5.41, 5.74) is 6.81. The van der Waals surface area contributed by atoms with Crippen LogP contribution in [-0.4, -0.2) is 18.3 Å². The predicted octanol–water partition coefficient (Wildman–Crippen LogP) is 2.89. The number of amides is 1. The molecule has 0 fully saturated rings. The third-order valence-electron chi connectivity index (χ3n) is 3.56. The van der Waals surface area contributed by atoms with Gasteiger partial charge < -0.3 is 5.73 Å². The number of nitrogens with zero attached hydrogens (tertiary/aromatic N) is 1. The first kappa shape index (κ1) is 16.0. The van der Waals surface area contributed by atoms with Crippen LogP contribution in [0.15, 0.2) is 53.4 Å². The Hall–Kier alpha value is -1.87. The second-order valence-corrected chi connectivity index (χ2v) is 7.99. The van der Waals surface area contributed by atoms with Gasteiger partial charge in [0.2, 0.25) is 0 Å². The molecule has 1 amide bonds. The van der Waals surface area contributed by atoms with Crippen LogP contribution in [-0.2, 0) is 10.0 Å². The number of hydrogen-bond donors (Lipinski definition) is 1. The van der Waals surface area contributed by atoms with E-state index in [1.54, 1.807) is 36.4 Å². The molecule has 0 saturated carbocycles. The molecule has 0 saturated heterocycles. The summed E-state index contributed by atoms with van der Waals surface area (Å²) in [5.74, 6) is -0.777. The van der Waals surface area contributed by atoms with Gasteiger partial charge in [-0.25, -0.2) is 12.4 Å². The van der Waals surface area contributed by atoms with Crippen molar-refractivity contribution in [3.8, 4) is 0 Å². The summed E-state index contributed by atoms with van der Waals surface area (Å²) in [4.78, 5) is 12.0. The molecule has 2 aromatic carbocycles. The molecule has 0 spiro atoms. The number of halogens is 1. The lowest BCUT2D eigenvalue weighted by Crippen LogP contribution is -2.23. The zero-order valence-corrected chi connectivity index (χ0v) is 15.1. The van der Waals surface area contributed by atoms with Crippen molar-refractivity contribution in [1.82, 2.24) is 3.97 Å². The van der Waals surface area contributed by atoms with Gasteiger partial charge in [-0.2, -0.15) is 0 Å². The van der Waals surface area contributed by atoms with Crippen molar-refractivity contribution in [1.29, 1.82) is 0 Å². The summed E-state index contributed by atoms with van der Waals surface area (Å²) in [6.45, 7) is 1.87. The maximum atomic E-state index is 13.0. The standard InChI is InChI=1S/C16H13IN2O3S/c1-10-6-8-11(9-7-10)23(21,22)19-13-5-3-2-4-12(13)14(17)15(19)16(18)20/h2-9H,1H3,(H2,18,20). The third kappa shape index (κ3) is 2.53. The summed E-state index contributed by atoms with van der Waals surface area (Å²) < 4.78 is 27.7.